The van der Waals surface area contributed by atoms with Gasteiger partial charge in [-0.2, -0.15) is 0 Å². The molecular formula is C21H22F2N4OS. The predicted octanol–water partition coefficient (Wildman–Crippen LogP) is 4.42. The highest BCUT2D eigenvalue weighted by Crippen LogP contribution is 2.51. The quantitative estimate of drug-likeness (QED) is 0.603. The van der Waals surface area contributed by atoms with Crippen molar-refractivity contribution in [2.45, 2.75) is 31.6 Å². The van der Waals surface area contributed by atoms with Crippen LogP contribution >= 0.6 is 11.3 Å². The smallest absolute Gasteiger partial charge is 0.248 e. The molecule has 1 unspecified atom stereocenters. The molecule has 8 heteroatoms. The Morgan fingerprint density at radius 1 is 1.41 bits per heavy atom. The zero-order valence-corrected chi connectivity index (χ0v) is 17.0. The van der Waals surface area contributed by atoms with Gasteiger partial charge in [-0.05, 0) is 36.6 Å². The first-order chi connectivity index (χ1) is 13.8. The van der Waals surface area contributed by atoms with Crippen molar-refractivity contribution >= 4 is 33.6 Å². The first kappa shape index (κ1) is 19.8. The van der Waals surface area contributed by atoms with Gasteiger partial charge in [-0.3, -0.25) is 4.99 Å². The van der Waals surface area contributed by atoms with Crippen molar-refractivity contribution < 1.29 is 13.9 Å². The molecule has 1 aliphatic rings. The van der Waals surface area contributed by atoms with Crippen LogP contribution in [0.4, 0.5) is 14.6 Å². The van der Waals surface area contributed by atoms with Crippen LogP contribution in [-0.4, -0.2) is 40.9 Å². The maximum absolute atomic E-state index is 13.3. The normalized spacial score (nSPS) is 17.7. The molecular weight excluding hydrogens is 394 g/mol. The number of alkyl halides is 2. The van der Waals surface area contributed by atoms with Gasteiger partial charge in [-0.1, -0.05) is 0 Å². The molecule has 1 aliphatic carbocycles. The maximum Gasteiger partial charge on any atom is 0.248 e. The number of aromatic nitrogens is 2. The van der Waals surface area contributed by atoms with E-state index in [1.807, 2.05) is 25.1 Å². The Labute approximate surface area is 171 Å². The summed E-state index contributed by atoms with van der Waals surface area (Å²) in [6.45, 7) is 1.83. The van der Waals surface area contributed by atoms with Gasteiger partial charge in [0, 0.05) is 59.6 Å². The van der Waals surface area contributed by atoms with Gasteiger partial charge in [-0.25, -0.2) is 18.7 Å². The molecule has 29 heavy (non-hydrogen) atoms. The van der Waals surface area contributed by atoms with Gasteiger partial charge in [0.15, 0.2) is 0 Å². The van der Waals surface area contributed by atoms with E-state index >= 15 is 0 Å². The lowest BCUT2D eigenvalue weighted by molar-refractivity contribution is -0.120. The minimum absolute atomic E-state index is 0.136. The monoisotopic (exact) mass is 416 g/mol. The second kappa shape index (κ2) is 7.42. The molecule has 3 N–H and O–H groups in total. The molecule has 152 valence electrons. The van der Waals surface area contributed by atoms with Gasteiger partial charge in [0.1, 0.15) is 10.6 Å². The van der Waals surface area contributed by atoms with E-state index in [2.05, 4.69) is 9.98 Å². The number of anilines is 1. The van der Waals surface area contributed by atoms with Crippen molar-refractivity contribution in [3.63, 3.8) is 0 Å². The van der Waals surface area contributed by atoms with E-state index in [0.717, 1.165) is 37.5 Å². The molecule has 0 aromatic carbocycles. The fourth-order valence-corrected chi connectivity index (χ4v) is 5.31. The lowest BCUT2D eigenvalue weighted by Gasteiger charge is -2.39. The van der Waals surface area contributed by atoms with Crippen LogP contribution < -0.4 is 5.73 Å². The zero-order valence-electron chi connectivity index (χ0n) is 16.2. The number of halogens is 2. The number of nitrogens with two attached hydrogens (primary N) is 1. The molecule has 5 nitrogen and oxygen atoms in total. The molecule has 1 saturated carbocycles. The second-order valence-electron chi connectivity index (χ2n) is 7.54. The van der Waals surface area contributed by atoms with E-state index in [9.17, 15) is 13.9 Å². The van der Waals surface area contributed by atoms with Crippen LogP contribution in [0, 0.1) is 12.8 Å². The molecule has 3 heterocycles. The summed E-state index contributed by atoms with van der Waals surface area (Å²) in [4.78, 5) is 14.8. The van der Waals surface area contributed by atoms with Gasteiger partial charge >= 0.3 is 0 Å². The molecule has 1 fully saturated rings. The average molecular weight is 416 g/mol. The maximum atomic E-state index is 13.3. The molecule has 3 aromatic rings. The molecule has 0 saturated heterocycles. The van der Waals surface area contributed by atoms with Crippen molar-refractivity contribution in [1.82, 2.24) is 9.97 Å². The van der Waals surface area contributed by atoms with E-state index in [1.165, 1.54) is 11.3 Å². The van der Waals surface area contributed by atoms with Gasteiger partial charge in [0.2, 0.25) is 5.92 Å². The minimum Gasteiger partial charge on any atom is -0.396 e. The highest BCUT2D eigenvalue weighted by Gasteiger charge is 2.49. The summed E-state index contributed by atoms with van der Waals surface area (Å²) in [5.74, 6) is -2.67. The van der Waals surface area contributed by atoms with E-state index in [0.29, 0.717) is 5.82 Å². The van der Waals surface area contributed by atoms with Crippen LogP contribution in [0.3, 0.4) is 0 Å². The van der Waals surface area contributed by atoms with Crippen molar-refractivity contribution in [2.24, 2.45) is 10.9 Å². The number of nitrogens with zero attached hydrogens (tertiary/aromatic N) is 3. The molecule has 1 atom stereocenters. The Kier molecular flexibility index (Phi) is 5.08. The van der Waals surface area contributed by atoms with Crippen LogP contribution in [0.1, 0.15) is 34.8 Å². The number of thiophene rings is 1. The molecule has 0 radical (unpaired) electrons. The Bertz CT molecular complexity index is 1090. The van der Waals surface area contributed by atoms with Crippen molar-refractivity contribution in [1.29, 1.82) is 0 Å². The summed E-state index contributed by atoms with van der Waals surface area (Å²) in [5.41, 5.74) is 9.18. The predicted molar refractivity (Wildman–Crippen MR) is 113 cm³/mol. The first-order valence-electron chi connectivity index (χ1n) is 9.39. The summed E-state index contributed by atoms with van der Waals surface area (Å²) in [6, 6.07) is 5.79. The van der Waals surface area contributed by atoms with Gasteiger partial charge in [0.05, 0.1) is 12.3 Å². The van der Waals surface area contributed by atoms with Crippen molar-refractivity contribution in [3.8, 4) is 11.3 Å². The van der Waals surface area contributed by atoms with E-state index < -0.39 is 5.92 Å². The number of aryl methyl sites for hydroxylation is 1. The highest BCUT2D eigenvalue weighted by atomic mass is 32.1. The van der Waals surface area contributed by atoms with Crippen LogP contribution in [0.5, 0.6) is 0 Å². The van der Waals surface area contributed by atoms with Crippen molar-refractivity contribution in [2.75, 3.05) is 19.4 Å². The molecule has 0 spiro atoms. The van der Waals surface area contributed by atoms with Crippen LogP contribution in [-0.2, 0) is 0 Å². The highest BCUT2D eigenvalue weighted by molar-refractivity contribution is 7.19. The largest absolute Gasteiger partial charge is 0.396 e. The molecule has 3 aromatic heterocycles. The fourth-order valence-electron chi connectivity index (χ4n) is 3.94. The minimum atomic E-state index is -2.60. The number of aliphatic hydroxyl groups excluding tert-OH is 1. The van der Waals surface area contributed by atoms with Gasteiger partial charge < -0.3 is 10.8 Å². The Balaban J connectivity index is 1.71. The number of fused-ring (bicyclic) bond motifs is 1. The molecule has 4 rings (SSSR count). The lowest BCUT2D eigenvalue weighted by atomic mass is 9.72. The van der Waals surface area contributed by atoms with E-state index in [1.54, 1.807) is 19.5 Å². The van der Waals surface area contributed by atoms with E-state index in [4.69, 9.17) is 10.7 Å². The fraction of sp³-hybridized carbons (Fsp3) is 0.381. The molecule has 0 amide bonds. The topological polar surface area (TPSA) is 84.4 Å². The third kappa shape index (κ3) is 3.62. The Morgan fingerprint density at radius 3 is 2.83 bits per heavy atom. The van der Waals surface area contributed by atoms with Crippen LogP contribution in [0.25, 0.3) is 21.5 Å². The summed E-state index contributed by atoms with van der Waals surface area (Å²) in [7, 11) is 1.67. The summed E-state index contributed by atoms with van der Waals surface area (Å²) in [5, 5.41) is 10.9. The Morgan fingerprint density at radius 2 is 2.17 bits per heavy atom. The summed E-state index contributed by atoms with van der Waals surface area (Å²) in [6.07, 6.45) is 3.00. The SMILES string of the molecule is CN=Cc1cc(-c2ccc3c(C)c(C(CO)C4CC(F)(F)C4)sc3n2)cnc1N. The van der Waals surface area contributed by atoms with Crippen LogP contribution in [0.15, 0.2) is 29.4 Å². The summed E-state index contributed by atoms with van der Waals surface area (Å²) < 4.78 is 26.7. The number of pyridine rings is 2. The lowest BCUT2D eigenvalue weighted by Crippen LogP contribution is -2.39. The number of hydrogen-bond donors (Lipinski definition) is 2. The summed E-state index contributed by atoms with van der Waals surface area (Å²) >= 11 is 1.47. The molecule has 0 bridgehead atoms. The van der Waals surface area contributed by atoms with Gasteiger partial charge in [-0.15, -0.1) is 11.3 Å². The first-order valence-corrected chi connectivity index (χ1v) is 10.2. The zero-order chi connectivity index (χ0) is 20.8. The van der Waals surface area contributed by atoms with Crippen LogP contribution in [0.2, 0.25) is 0 Å². The number of hydrogen-bond acceptors (Lipinski definition) is 6. The number of nitrogen functional groups attached to an aromatic ring is 1. The Hall–Kier alpha value is -2.45. The van der Waals surface area contributed by atoms with Crippen molar-refractivity contribution in [3.05, 3.63) is 40.4 Å². The second-order valence-corrected chi connectivity index (χ2v) is 8.57. The third-order valence-electron chi connectivity index (χ3n) is 5.58. The third-order valence-corrected chi connectivity index (χ3v) is 6.91. The number of rotatable bonds is 5. The van der Waals surface area contributed by atoms with Gasteiger partial charge in [0.25, 0.3) is 0 Å². The number of aliphatic hydroxyl groups is 1. The standard InChI is InChI=1S/C21H22F2N4OS/c1-11-15-3-4-17(12-5-13(8-25-2)19(24)26-9-12)27-20(15)29-18(11)16(10-28)14-6-21(22,23)7-14/h3-5,8-9,14,16,28H,6-7,10H2,1-2H3,(H2,24,26). The number of aliphatic imine (C=N–C) groups is 1. The average Bonchev–Trinajstić information content (AvgIpc) is 2.99. The molecule has 0 aliphatic heterocycles. The van der Waals surface area contributed by atoms with E-state index in [-0.39, 0.29) is 31.3 Å².